The largest absolute Gasteiger partial charge is 0.490 e. The van der Waals surface area contributed by atoms with E-state index >= 15 is 0 Å². The minimum Gasteiger partial charge on any atom is -0.490 e. The maximum absolute atomic E-state index is 13.5. The molecule has 5 nitrogen and oxygen atoms in total. The van der Waals surface area contributed by atoms with Crippen LogP contribution >= 0.6 is 34.8 Å². The highest BCUT2D eigenvalue weighted by atomic mass is 35.5. The first kappa shape index (κ1) is 36.7. The van der Waals surface area contributed by atoms with Crippen LogP contribution in [0, 0.1) is 0 Å². The highest BCUT2D eigenvalue weighted by molar-refractivity contribution is 6.45. The predicted molar refractivity (Wildman–Crippen MR) is 188 cm³/mol. The lowest BCUT2D eigenvalue weighted by atomic mass is 10.0. The van der Waals surface area contributed by atoms with Gasteiger partial charge in [-0.2, -0.15) is 0 Å². The number of amides is 1. The molecule has 0 spiro atoms. The third-order valence-electron chi connectivity index (χ3n) is 7.64. The number of carbonyl (C=O) groups excluding carboxylic acids is 2. The summed E-state index contributed by atoms with van der Waals surface area (Å²) < 4.78 is 12.3. The van der Waals surface area contributed by atoms with Gasteiger partial charge in [0.1, 0.15) is 11.5 Å². The molecule has 8 heteroatoms. The molecule has 244 valence electrons. The molecule has 0 aliphatic heterocycles. The third kappa shape index (κ3) is 12.9. The quantitative estimate of drug-likeness (QED) is 0.0528. The van der Waals surface area contributed by atoms with E-state index in [1.807, 2.05) is 6.07 Å². The monoisotopic (exact) mass is 673 g/mol. The zero-order chi connectivity index (χ0) is 32.4. The summed E-state index contributed by atoms with van der Waals surface area (Å²) in [5, 5.41) is 2.16. The number of alkyl halides is 1. The SMILES string of the molecule is CCCCCCCCCCCCC(CCC)Oc1ccccc1C(=O)C(Cl)C(=O)Nc1cc(Cl)ccc1Oc1ccc(Cl)cc1. The molecule has 3 aromatic carbocycles. The molecule has 0 aliphatic rings. The maximum Gasteiger partial charge on any atom is 0.250 e. The molecule has 45 heavy (non-hydrogen) atoms. The molecule has 0 aliphatic carbocycles. The molecule has 1 amide bonds. The molecular formula is C37H46Cl3NO4. The molecule has 0 radical (unpaired) electrons. The molecule has 0 aromatic heterocycles. The Labute approximate surface area is 283 Å². The number of para-hydroxylation sites is 1. The molecule has 2 atom stereocenters. The zero-order valence-corrected chi connectivity index (χ0v) is 28.7. The summed E-state index contributed by atoms with van der Waals surface area (Å²) in [5.74, 6) is 0.0584. The van der Waals surface area contributed by atoms with Crippen LogP contribution in [0.2, 0.25) is 10.0 Å². The van der Waals surface area contributed by atoms with Gasteiger partial charge in [0, 0.05) is 10.0 Å². The second-order valence-electron chi connectivity index (χ2n) is 11.4. The summed E-state index contributed by atoms with van der Waals surface area (Å²) in [6.45, 7) is 4.38. The molecule has 0 saturated heterocycles. The van der Waals surface area contributed by atoms with Crippen molar-refractivity contribution in [1.82, 2.24) is 0 Å². The second kappa shape index (κ2) is 20.4. The summed E-state index contributed by atoms with van der Waals surface area (Å²) in [6, 6.07) is 18.6. The molecule has 3 aromatic rings. The number of anilines is 1. The summed E-state index contributed by atoms with van der Waals surface area (Å²) in [6.07, 6.45) is 15.5. The van der Waals surface area contributed by atoms with Crippen LogP contribution in [0.5, 0.6) is 17.2 Å². The van der Waals surface area contributed by atoms with Gasteiger partial charge in [0.15, 0.2) is 16.9 Å². The zero-order valence-electron chi connectivity index (χ0n) is 26.5. The first-order valence-corrected chi connectivity index (χ1v) is 17.5. The molecule has 0 saturated carbocycles. The molecule has 0 fully saturated rings. The number of halogens is 3. The number of nitrogens with one attached hydrogen (secondary N) is 1. The predicted octanol–water partition coefficient (Wildman–Crippen LogP) is 12.1. The number of ether oxygens (including phenoxy) is 2. The first-order chi connectivity index (χ1) is 21.8. The summed E-state index contributed by atoms with van der Waals surface area (Å²) in [7, 11) is 0. The summed E-state index contributed by atoms with van der Waals surface area (Å²) in [5.41, 5.74) is 0.561. The van der Waals surface area contributed by atoms with E-state index < -0.39 is 17.1 Å². The molecule has 1 N–H and O–H groups in total. The smallest absolute Gasteiger partial charge is 0.250 e. The fraction of sp³-hybridized carbons (Fsp3) is 0.459. The van der Waals surface area contributed by atoms with Crippen LogP contribution in [-0.2, 0) is 4.79 Å². The van der Waals surface area contributed by atoms with Crippen LogP contribution in [0.25, 0.3) is 0 Å². The van der Waals surface area contributed by atoms with Gasteiger partial charge in [-0.15, -0.1) is 11.6 Å². The summed E-state index contributed by atoms with van der Waals surface area (Å²) >= 11 is 18.7. The van der Waals surface area contributed by atoms with Gasteiger partial charge in [0.25, 0.3) is 5.91 Å². The number of carbonyl (C=O) groups is 2. The van der Waals surface area contributed by atoms with Gasteiger partial charge in [0.05, 0.1) is 17.4 Å². The van der Waals surface area contributed by atoms with E-state index in [0.717, 1.165) is 25.7 Å². The van der Waals surface area contributed by atoms with Crippen molar-refractivity contribution in [2.75, 3.05) is 5.32 Å². The Bertz CT molecular complexity index is 1330. The van der Waals surface area contributed by atoms with Crippen LogP contribution in [0.4, 0.5) is 5.69 Å². The normalized spacial score (nSPS) is 12.4. The van der Waals surface area contributed by atoms with E-state index in [2.05, 4.69) is 19.2 Å². The van der Waals surface area contributed by atoms with Gasteiger partial charge in [-0.05, 0) is 73.9 Å². The average molecular weight is 675 g/mol. The van der Waals surface area contributed by atoms with E-state index in [1.165, 1.54) is 57.8 Å². The Hall–Kier alpha value is -2.73. The number of unbranched alkanes of at least 4 members (excludes halogenated alkanes) is 9. The van der Waals surface area contributed by atoms with Crippen molar-refractivity contribution in [3.63, 3.8) is 0 Å². The number of hydrogen-bond donors (Lipinski definition) is 1. The highest BCUT2D eigenvalue weighted by Crippen LogP contribution is 2.33. The van der Waals surface area contributed by atoms with Gasteiger partial charge in [-0.3, -0.25) is 9.59 Å². The molecule has 3 rings (SSSR count). The van der Waals surface area contributed by atoms with Crippen LogP contribution in [0.1, 0.15) is 108 Å². The number of benzene rings is 3. The Morgan fingerprint density at radius 2 is 1.33 bits per heavy atom. The fourth-order valence-corrected chi connectivity index (χ4v) is 5.64. The van der Waals surface area contributed by atoms with E-state index in [4.69, 9.17) is 44.3 Å². The Balaban J connectivity index is 1.58. The number of Topliss-reactive ketones (excluding diaryl/α,β-unsaturated/α-hetero) is 1. The highest BCUT2D eigenvalue weighted by Gasteiger charge is 2.29. The van der Waals surface area contributed by atoms with E-state index in [-0.39, 0.29) is 17.4 Å². The average Bonchev–Trinajstić information content (AvgIpc) is 3.03. The molecule has 2 unspecified atom stereocenters. The van der Waals surface area contributed by atoms with Crippen molar-refractivity contribution in [2.45, 2.75) is 109 Å². The van der Waals surface area contributed by atoms with Gasteiger partial charge >= 0.3 is 0 Å². The Morgan fingerprint density at radius 3 is 2.00 bits per heavy atom. The van der Waals surface area contributed by atoms with Crippen molar-refractivity contribution in [3.8, 4) is 17.2 Å². The summed E-state index contributed by atoms with van der Waals surface area (Å²) in [4.78, 5) is 26.7. The Kier molecular flexibility index (Phi) is 16.7. The minimum atomic E-state index is -1.50. The molecule has 0 bridgehead atoms. The maximum atomic E-state index is 13.5. The van der Waals surface area contributed by atoms with Gasteiger partial charge in [0.2, 0.25) is 0 Å². The number of rotatable bonds is 21. The first-order valence-electron chi connectivity index (χ1n) is 16.3. The van der Waals surface area contributed by atoms with E-state index in [1.54, 1.807) is 60.7 Å². The van der Waals surface area contributed by atoms with Crippen LogP contribution < -0.4 is 14.8 Å². The van der Waals surface area contributed by atoms with Crippen LogP contribution in [0.3, 0.4) is 0 Å². The second-order valence-corrected chi connectivity index (χ2v) is 12.7. The standard InChI is InChI=1S/C37H46Cl3NO4/c1-3-5-6-7-8-9-10-11-12-13-17-29(16-4-2)44-33-19-15-14-18-31(33)36(42)35(40)37(43)41-32-26-28(39)22-25-34(32)45-30-23-20-27(38)21-24-30/h14-15,18-26,29,35H,3-13,16-17H2,1-2H3,(H,41,43). The van der Waals surface area contributed by atoms with Gasteiger partial charge in [-0.25, -0.2) is 0 Å². The molecular weight excluding hydrogens is 629 g/mol. The van der Waals surface area contributed by atoms with Crippen molar-refractivity contribution in [1.29, 1.82) is 0 Å². The van der Waals surface area contributed by atoms with E-state index in [0.29, 0.717) is 27.3 Å². The number of ketones is 1. The Morgan fingerprint density at radius 1 is 0.711 bits per heavy atom. The van der Waals surface area contributed by atoms with Crippen molar-refractivity contribution < 1.29 is 19.1 Å². The van der Waals surface area contributed by atoms with Crippen LogP contribution in [0.15, 0.2) is 66.7 Å². The van der Waals surface area contributed by atoms with Crippen molar-refractivity contribution in [2.24, 2.45) is 0 Å². The fourth-order valence-electron chi connectivity index (χ4n) is 5.17. The van der Waals surface area contributed by atoms with Crippen molar-refractivity contribution >= 4 is 52.2 Å². The molecule has 0 heterocycles. The topological polar surface area (TPSA) is 64.6 Å². The lowest BCUT2D eigenvalue weighted by Crippen LogP contribution is -2.31. The number of hydrogen-bond acceptors (Lipinski definition) is 4. The van der Waals surface area contributed by atoms with Crippen molar-refractivity contribution in [3.05, 3.63) is 82.3 Å². The third-order valence-corrected chi connectivity index (χ3v) is 8.52. The van der Waals surface area contributed by atoms with Crippen LogP contribution in [-0.4, -0.2) is 23.2 Å². The van der Waals surface area contributed by atoms with Gasteiger partial charge in [-0.1, -0.05) is 113 Å². The van der Waals surface area contributed by atoms with E-state index in [9.17, 15) is 9.59 Å². The lowest BCUT2D eigenvalue weighted by molar-refractivity contribution is -0.115. The lowest BCUT2D eigenvalue weighted by Gasteiger charge is -2.21. The minimum absolute atomic E-state index is 0.0142. The van der Waals surface area contributed by atoms with Gasteiger partial charge < -0.3 is 14.8 Å².